The molecule has 7 heteroatoms. The van der Waals surface area contributed by atoms with E-state index in [2.05, 4.69) is 5.32 Å². The minimum atomic E-state index is -3.69. The standard InChI is InChI=1S/C13H21N3O3S/c1-9(2)15-13(17)16(4)10(3)11-5-7-12(8-6-11)20(14,18)19/h5-10H,1-4H3,(H,15,17)(H2,14,18,19). The van der Waals surface area contributed by atoms with Gasteiger partial charge in [-0.25, -0.2) is 18.4 Å². The molecular weight excluding hydrogens is 278 g/mol. The molecule has 0 spiro atoms. The summed E-state index contributed by atoms with van der Waals surface area (Å²) in [5.41, 5.74) is 0.832. The number of urea groups is 1. The first-order valence-electron chi connectivity index (χ1n) is 6.29. The Morgan fingerprint density at radius 3 is 2.10 bits per heavy atom. The van der Waals surface area contributed by atoms with Crippen LogP contribution in [-0.2, 0) is 10.0 Å². The van der Waals surface area contributed by atoms with Crippen LogP contribution in [-0.4, -0.2) is 32.4 Å². The molecule has 112 valence electrons. The van der Waals surface area contributed by atoms with Gasteiger partial charge in [-0.15, -0.1) is 0 Å². The van der Waals surface area contributed by atoms with Crippen molar-refractivity contribution in [1.82, 2.24) is 10.2 Å². The third kappa shape index (κ3) is 4.21. The first-order valence-corrected chi connectivity index (χ1v) is 7.83. The summed E-state index contributed by atoms with van der Waals surface area (Å²) in [6.07, 6.45) is 0. The van der Waals surface area contributed by atoms with Crippen LogP contribution in [0.3, 0.4) is 0 Å². The van der Waals surface area contributed by atoms with Gasteiger partial charge in [-0.3, -0.25) is 0 Å². The van der Waals surface area contributed by atoms with E-state index in [1.54, 1.807) is 24.1 Å². The lowest BCUT2D eigenvalue weighted by Crippen LogP contribution is -2.41. The van der Waals surface area contributed by atoms with E-state index in [4.69, 9.17) is 5.14 Å². The predicted octanol–water partition coefficient (Wildman–Crippen LogP) is 1.44. The zero-order valence-electron chi connectivity index (χ0n) is 12.1. The van der Waals surface area contributed by atoms with Crippen molar-refractivity contribution in [3.8, 4) is 0 Å². The Labute approximate surface area is 120 Å². The van der Waals surface area contributed by atoms with Crippen molar-refractivity contribution in [2.75, 3.05) is 7.05 Å². The molecule has 20 heavy (non-hydrogen) atoms. The largest absolute Gasteiger partial charge is 0.336 e. The van der Waals surface area contributed by atoms with E-state index in [9.17, 15) is 13.2 Å². The van der Waals surface area contributed by atoms with Crippen molar-refractivity contribution in [2.24, 2.45) is 5.14 Å². The van der Waals surface area contributed by atoms with E-state index in [1.165, 1.54) is 12.1 Å². The molecule has 0 aromatic heterocycles. The highest BCUT2D eigenvalue weighted by Crippen LogP contribution is 2.20. The summed E-state index contributed by atoms with van der Waals surface area (Å²) >= 11 is 0. The first-order chi connectivity index (χ1) is 9.12. The maximum Gasteiger partial charge on any atom is 0.317 e. The molecule has 1 unspecified atom stereocenters. The van der Waals surface area contributed by atoms with Gasteiger partial charge in [0.05, 0.1) is 10.9 Å². The molecule has 0 bridgehead atoms. The fourth-order valence-corrected chi connectivity index (χ4v) is 2.20. The SMILES string of the molecule is CC(C)NC(=O)N(C)C(C)c1ccc(S(N)(=O)=O)cc1. The van der Waals surface area contributed by atoms with Crippen molar-refractivity contribution >= 4 is 16.1 Å². The van der Waals surface area contributed by atoms with Gasteiger partial charge in [0.25, 0.3) is 0 Å². The number of sulfonamides is 1. The Bertz CT molecular complexity index is 567. The molecule has 0 saturated heterocycles. The second-order valence-corrected chi connectivity index (χ2v) is 6.57. The van der Waals surface area contributed by atoms with Gasteiger partial charge in [0.1, 0.15) is 0 Å². The number of amides is 2. The van der Waals surface area contributed by atoms with Crippen LogP contribution in [0.25, 0.3) is 0 Å². The van der Waals surface area contributed by atoms with Crippen LogP contribution < -0.4 is 10.5 Å². The zero-order chi connectivity index (χ0) is 15.5. The summed E-state index contributed by atoms with van der Waals surface area (Å²) in [5.74, 6) is 0. The summed E-state index contributed by atoms with van der Waals surface area (Å²) in [6.45, 7) is 5.64. The molecule has 0 heterocycles. The van der Waals surface area contributed by atoms with E-state index in [1.807, 2.05) is 20.8 Å². The fraction of sp³-hybridized carbons (Fsp3) is 0.462. The maximum absolute atomic E-state index is 11.9. The normalized spacial score (nSPS) is 13.1. The molecule has 1 rings (SSSR count). The summed E-state index contributed by atoms with van der Waals surface area (Å²) in [6, 6.07) is 5.89. The number of primary sulfonamides is 1. The molecule has 0 fully saturated rings. The van der Waals surface area contributed by atoms with Crippen molar-refractivity contribution in [3.05, 3.63) is 29.8 Å². The molecular formula is C13H21N3O3S. The molecule has 0 aliphatic rings. The van der Waals surface area contributed by atoms with Crippen LogP contribution in [0.2, 0.25) is 0 Å². The van der Waals surface area contributed by atoms with Gasteiger partial charge >= 0.3 is 6.03 Å². The van der Waals surface area contributed by atoms with Crippen LogP contribution in [0, 0.1) is 0 Å². The Morgan fingerprint density at radius 1 is 1.20 bits per heavy atom. The van der Waals surface area contributed by atoms with Crippen molar-refractivity contribution in [3.63, 3.8) is 0 Å². The third-order valence-electron chi connectivity index (χ3n) is 3.00. The number of carbonyl (C=O) groups excluding carboxylic acids is 1. The highest BCUT2D eigenvalue weighted by Gasteiger charge is 2.18. The Kier molecular flexibility index (Phi) is 5.13. The van der Waals surface area contributed by atoms with Gasteiger partial charge < -0.3 is 10.2 Å². The number of hydrogen-bond acceptors (Lipinski definition) is 3. The summed E-state index contributed by atoms with van der Waals surface area (Å²) in [5, 5.41) is 7.84. The Balaban J connectivity index is 2.87. The third-order valence-corrected chi connectivity index (χ3v) is 3.93. The van der Waals surface area contributed by atoms with Gasteiger partial charge in [-0.2, -0.15) is 0 Å². The second kappa shape index (κ2) is 6.23. The molecule has 3 N–H and O–H groups in total. The van der Waals surface area contributed by atoms with Gasteiger partial charge in [0, 0.05) is 13.1 Å². The second-order valence-electron chi connectivity index (χ2n) is 5.01. The van der Waals surface area contributed by atoms with Gasteiger partial charge in [-0.1, -0.05) is 12.1 Å². The van der Waals surface area contributed by atoms with Crippen molar-refractivity contribution in [1.29, 1.82) is 0 Å². The minimum Gasteiger partial charge on any atom is -0.336 e. The number of rotatable bonds is 4. The molecule has 0 radical (unpaired) electrons. The maximum atomic E-state index is 11.9. The van der Waals surface area contributed by atoms with Crippen LogP contribution in [0.1, 0.15) is 32.4 Å². The van der Waals surface area contributed by atoms with Crippen LogP contribution in [0.5, 0.6) is 0 Å². The lowest BCUT2D eigenvalue weighted by Gasteiger charge is -2.26. The molecule has 1 atom stereocenters. The predicted molar refractivity (Wildman–Crippen MR) is 77.7 cm³/mol. The first kappa shape index (κ1) is 16.5. The van der Waals surface area contributed by atoms with E-state index < -0.39 is 10.0 Å². The molecule has 2 amide bonds. The lowest BCUT2D eigenvalue weighted by atomic mass is 10.1. The number of nitrogens with zero attached hydrogens (tertiary/aromatic N) is 1. The number of benzene rings is 1. The molecule has 0 aliphatic carbocycles. The van der Waals surface area contributed by atoms with Crippen molar-refractivity contribution in [2.45, 2.75) is 37.8 Å². The Hall–Kier alpha value is -1.60. The molecule has 6 nitrogen and oxygen atoms in total. The van der Waals surface area contributed by atoms with Crippen LogP contribution in [0.15, 0.2) is 29.2 Å². The number of carbonyl (C=O) groups is 1. The van der Waals surface area contributed by atoms with Crippen LogP contribution in [0.4, 0.5) is 4.79 Å². The van der Waals surface area contributed by atoms with Gasteiger partial charge in [-0.05, 0) is 38.5 Å². The zero-order valence-corrected chi connectivity index (χ0v) is 12.9. The quantitative estimate of drug-likeness (QED) is 0.881. The van der Waals surface area contributed by atoms with E-state index >= 15 is 0 Å². The number of nitrogens with two attached hydrogens (primary N) is 1. The van der Waals surface area contributed by atoms with Crippen molar-refractivity contribution < 1.29 is 13.2 Å². The highest BCUT2D eigenvalue weighted by molar-refractivity contribution is 7.89. The molecule has 0 saturated carbocycles. The number of nitrogens with one attached hydrogen (secondary N) is 1. The molecule has 0 aliphatic heterocycles. The van der Waals surface area contributed by atoms with E-state index in [0.717, 1.165) is 5.56 Å². The van der Waals surface area contributed by atoms with Gasteiger partial charge in [0.2, 0.25) is 10.0 Å². The average Bonchev–Trinajstić information content (AvgIpc) is 2.35. The lowest BCUT2D eigenvalue weighted by molar-refractivity contribution is 0.192. The average molecular weight is 299 g/mol. The minimum absolute atomic E-state index is 0.0573. The summed E-state index contributed by atoms with van der Waals surface area (Å²) in [4.78, 5) is 13.5. The smallest absolute Gasteiger partial charge is 0.317 e. The Morgan fingerprint density at radius 2 is 1.70 bits per heavy atom. The van der Waals surface area contributed by atoms with Crippen LogP contribution >= 0.6 is 0 Å². The highest BCUT2D eigenvalue weighted by atomic mass is 32.2. The fourth-order valence-electron chi connectivity index (χ4n) is 1.68. The monoisotopic (exact) mass is 299 g/mol. The van der Waals surface area contributed by atoms with E-state index in [0.29, 0.717) is 0 Å². The number of hydrogen-bond donors (Lipinski definition) is 2. The summed E-state index contributed by atoms with van der Waals surface area (Å²) < 4.78 is 22.4. The summed E-state index contributed by atoms with van der Waals surface area (Å²) in [7, 11) is -2.00. The molecule has 1 aromatic rings. The topological polar surface area (TPSA) is 92.5 Å². The van der Waals surface area contributed by atoms with E-state index in [-0.39, 0.29) is 23.0 Å². The van der Waals surface area contributed by atoms with Gasteiger partial charge in [0.15, 0.2) is 0 Å². The molecule has 1 aromatic carbocycles.